The van der Waals surface area contributed by atoms with Crippen LogP contribution in [0.25, 0.3) is 0 Å². The van der Waals surface area contributed by atoms with E-state index in [1.165, 1.54) is 11.3 Å². The molecule has 6 nitrogen and oxygen atoms in total. The second kappa shape index (κ2) is 7.08. The highest BCUT2D eigenvalue weighted by atomic mass is 32.1. The monoisotopic (exact) mass is 282 g/mol. The van der Waals surface area contributed by atoms with Crippen LogP contribution < -0.4 is 10.6 Å². The molecule has 3 amide bonds. The molecule has 1 saturated heterocycles. The number of aromatic nitrogens is 1. The zero-order chi connectivity index (χ0) is 13.5. The molecule has 19 heavy (non-hydrogen) atoms. The molecule has 0 unspecified atom stereocenters. The van der Waals surface area contributed by atoms with Crippen molar-refractivity contribution in [2.45, 2.75) is 25.7 Å². The number of amides is 3. The molecule has 2 heterocycles. The smallest absolute Gasteiger partial charge is 0.321 e. The van der Waals surface area contributed by atoms with Gasteiger partial charge in [-0.25, -0.2) is 9.78 Å². The van der Waals surface area contributed by atoms with Gasteiger partial charge in [0.15, 0.2) is 5.13 Å². The molecular formula is C12H18N4O2S. The third kappa shape index (κ3) is 4.51. The van der Waals surface area contributed by atoms with E-state index in [2.05, 4.69) is 15.6 Å². The Morgan fingerprint density at radius 3 is 3.11 bits per heavy atom. The molecule has 1 aromatic rings. The molecule has 0 aromatic carbocycles. The molecule has 0 atom stereocenters. The summed E-state index contributed by atoms with van der Waals surface area (Å²) in [7, 11) is 0. The van der Waals surface area contributed by atoms with E-state index in [1.807, 2.05) is 4.90 Å². The van der Waals surface area contributed by atoms with Crippen LogP contribution in [0.15, 0.2) is 11.6 Å². The van der Waals surface area contributed by atoms with Crippen LogP contribution in [-0.4, -0.2) is 41.5 Å². The molecule has 2 rings (SSSR count). The summed E-state index contributed by atoms with van der Waals surface area (Å²) in [4.78, 5) is 29.1. The minimum Gasteiger partial charge on any atom is -0.341 e. The molecular weight excluding hydrogens is 264 g/mol. The fourth-order valence-corrected chi connectivity index (χ4v) is 2.53. The first kappa shape index (κ1) is 13.8. The van der Waals surface area contributed by atoms with Crippen LogP contribution in [0.2, 0.25) is 0 Å². The van der Waals surface area contributed by atoms with Crippen molar-refractivity contribution in [3.8, 4) is 0 Å². The maximum atomic E-state index is 11.7. The predicted molar refractivity (Wildman–Crippen MR) is 74.2 cm³/mol. The van der Waals surface area contributed by atoms with Crippen molar-refractivity contribution in [1.29, 1.82) is 0 Å². The Balaban J connectivity index is 1.67. The molecule has 0 spiro atoms. The quantitative estimate of drug-likeness (QED) is 0.882. The molecule has 0 saturated carbocycles. The van der Waals surface area contributed by atoms with E-state index in [0.717, 1.165) is 25.8 Å². The molecule has 0 bridgehead atoms. The molecule has 0 aliphatic carbocycles. The lowest BCUT2D eigenvalue weighted by molar-refractivity contribution is -0.130. The van der Waals surface area contributed by atoms with Gasteiger partial charge in [-0.15, -0.1) is 11.3 Å². The number of urea groups is 1. The van der Waals surface area contributed by atoms with Crippen molar-refractivity contribution in [3.05, 3.63) is 11.6 Å². The first-order chi connectivity index (χ1) is 9.25. The van der Waals surface area contributed by atoms with Gasteiger partial charge in [-0.2, -0.15) is 0 Å². The van der Waals surface area contributed by atoms with E-state index in [0.29, 0.717) is 24.6 Å². The van der Waals surface area contributed by atoms with Crippen LogP contribution in [0.4, 0.5) is 9.93 Å². The maximum absolute atomic E-state index is 11.7. The Hall–Kier alpha value is -1.63. The second-order valence-corrected chi connectivity index (χ2v) is 5.30. The third-order valence-electron chi connectivity index (χ3n) is 2.99. The van der Waals surface area contributed by atoms with Gasteiger partial charge in [0.1, 0.15) is 0 Å². The summed E-state index contributed by atoms with van der Waals surface area (Å²) in [6.45, 7) is 1.84. The Morgan fingerprint density at radius 1 is 1.42 bits per heavy atom. The van der Waals surface area contributed by atoms with E-state index < -0.39 is 0 Å². The minimum absolute atomic E-state index is 0.194. The number of hydrogen-bond acceptors (Lipinski definition) is 4. The minimum atomic E-state index is -0.280. The van der Waals surface area contributed by atoms with Crippen LogP contribution in [0.1, 0.15) is 25.7 Å². The summed E-state index contributed by atoms with van der Waals surface area (Å²) in [6.07, 6.45) is 5.41. The van der Waals surface area contributed by atoms with Gasteiger partial charge in [-0.1, -0.05) is 6.42 Å². The number of nitrogens with zero attached hydrogens (tertiary/aromatic N) is 2. The third-order valence-corrected chi connectivity index (χ3v) is 3.68. The number of carbonyl (C=O) groups is 2. The molecule has 7 heteroatoms. The largest absolute Gasteiger partial charge is 0.341 e. The molecule has 104 valence electrons. The first-order valence-corrected chi connectivity index (χ1v) is 7.36. The number of thiazole rings is 1. The highest BCUT2D eigenvalue weighted by molar-refractivity contribution is 7.13. The Labute approximate surface area is 116 Å². The number of rotatable bonds is 4. The van der Waals surface area contributed by atoms with E-state index in [4.69, 9.17) is 0 Å². The zero-order valence-electron chi connectivity index (χ0n) is 10.7. The summed E-state index contributed by atoms with van der Waals surface area (Å²) in [5, 5.41) is 7.74. The van der Waals surface area contributed by atoms with Crippen molar-refractivity contribution in [2.24, 2.45) is 0 Å². The van der Waals surface area contributed by atoms with Gasteiger partial charge in [-0.3, -0.25) is 10.1 Å². The molecule has 1 aliphatic rings. The average molecular weight is 282 g/mol. The van der Waals surface area contributed by atoms with Gasteiger partial charge in [-0.05, 0) is 12.8 Å². The van der Waals surface area contributed by atoms with Crippen molar-refractivity contribution in [2.75, 3.05) is 25.0 Å². The topological polar surface area (TPSA) is 74.3 Å². The summed E-state index contributed by atoms with van der Waals surface area (Å²) in [5.74, 6) is 0.194. The van der Waals surface area contributed by atoms with Crippen molar-refractivity contribution in [3.63, 3.8) is 0 Å². The van der Waals surface area contributed by atoms with E-state index >= 15 is 0 Å². The van der Waals surface area contributed by atoms with Crippen LogP contribution in [0, 0.1) is 0 Å². The number of hydrogen-bond donors (Lipinski definition) is 2. The van der Waals surface area contributed by atoms with Gasteiger partial charge >= 0.3 is 6.03 Å². The van der Waals surface area contributed by atoms with Crippen molar-refractivity contribution < 1.29 is 9.59 Å². The van der Waals surface area contributed by atoms with Gasteiger partial charge in [0.2, 0.25) is 5.91 Å². The van der Waals surface area contributed by atoms with Gasteiger partial charge in [0, 0.05) is 37.6 Å². The summed E-state index contributed by atoms with van der Waals surface area (Å²) in [5.41, 5.74) is 0. The highest BCUT2D eigenvalue weighted by Gasteiger charge is 2.16. The number of nitrogens with one attached hydrogen (secondary N) is 2. The highest BCUT2D eigenvalue weighted by Crippen LogP contribution is 2.11. The lowest BCUT2D eigenvalue weighted by Gasteiger charge is -2.20. The van der Waals surface area contributed by atoms with Crippen LogP contribution in [0.3, 0.4) is 0 Å². The van der Waals surface area contributed by atoms with E-state index in [9.17, 15) is 9.59 Å². The van der Waals surface area contributed by atoms with Crippen LogP contribution in [-0.2, 0) is 4.79 Å². The molecule has 0 radical (unpaired) electrons. The van der Waals surface area contributed by atoms with Gasteiger partial charge < -0.3 is 10.2 Å². The van der Waals surface area contributed by atoms with Gasteiger partial charge in [0.05, 0.1) is 0 Å². The maximum Gasteiger partial charge on any atom is 0.321 e. The Kier molecular flexibility index (Phi) is 5.14. The van der Waals surface area contributed by atoms with Crippen LogP contribution >= 0.6 is 11.3 Å². The lowest BCUT2D eigenvalue weighted by Crippen LogP contribution is -2.39. The lowest BCUT2D eigenvalue weighted by atomic mass is 10.2. The van der Waals surface area contributed by atoms with Crippen molar-refractivity contribution in [1.82, 2.24) is 15.2 Å². The summed E-state index contributed by atoms with van der Waals surface area (Å²) >= 11 is 1.37. The normalized spacial score (nSPS) is 16.0. The van der Waals surface area contributed by atoms with Crippen molar-refractivity contribution >= 4 is 28.4 Å². The number of anilines is 1. The second-order valence-electron chi connectivity index (χ2n) is 4.41. The predicted octanol–water partition coefficient (Wildman–Crippen LogP) is 1.67. The fraction of sp³-hybridized carbons (Fsp3) is 0.583. The number of likely N-dealkylation sites (tertiary alicyclic amines) is 1. The first-order valence-electron chi connectivity index (χ1n) is 6.48. The molecule has 1 aliphatic heterocycles. The molecule has 2 N–H and O–H groups in total. The summed E-state index contributed by atoms with van der Waals surface area (Å²) < 4.78 is 0. The fourth-order valence-electron chi connectivity index (χ4n) is 2.01. The Morgan fingerprint density at radius 2 is 2.32 bits per heavy atom. The van der Waals surface area contributed by atoms with E-state index in [1.54, 1.807) is 11.6 Å². The van der Waals surface area contributed by atoms with Gasteiger partial charge in [0.25, 0.3) is 0 Å². The number of carbonyl (C=O) groups excluding carboxylic acids is 2. The SMILES string of the molecule is O=C(NCCN1CCCCCC1=O)Nc1nccs1. The molecule has 1 aromatic heterocycles. The zero-order valence-corrected chi connectivity index (χ0v) is 11.5. The van der Waals surface area contributed by atoms with Crippen LogP contribution in [0.5, 0.6) is 0 Å². The molecule has 1 fully saturated rings. The van der Waals surface area contributed by atoms with E-state index in [-0.39, 0.29) is 11.9 Å². The Bertz CT molecular complexity index is 421. The summed E-state index contributed by atoms with van der Waals surface area (Å²) in [6, 6.07) is -0.280. The standard InChI is InChI=1S/C12H18N4O2S/c17-10-4-2-1-3-7-16(10)8-5-13-11(18)15-12-14-6-9-19-12/h6,9H,1-5,7-8H2,(H2,13,14,15,18). The average Bonchev–Trinajstić information content (AvgIpc) is 2.80.